The van der Waals surface area contributed by atoms with Crippen molar-refractivity contribution in [3.05, 3.63) is 53.6 Å². The molecule has 27 heavy (non-hydrogen) atoms. The molecular weight excluding hydrogens is 352 g/mol. The zero-order valence-electron chi connectivity index (χ0n) is 15.5. The van der Waals surface area contributed by atoms with Crippen molar-refractivity contribution in [2.24, 2.45) is 0 Å². The Morgan fingerprint density at radius 3 is 2.30 bits per heavy atom. The second-order valence-electron chi connectivity index (χ2n) is 6.42. The van der Waals surface area contributed by atoms with Crippen molar-refractivity contribution < 1.29 is 18.3 Å². The number of esters is 1. The van der Waals surface area contributed by atoms with Crippen LogP contribution in [0.4, 0.5) is 14.6 Å². The number of nitrogens with zero attached hydrogens (tertiary/aromatic N) is 3. The molecule has 1 heterocycles. The summed E-state index contributed by atoms with van der Waals surface area (Å²) in [5, 5.41) is 0. The lowest BCUT2D eigenvalue weighted by molar-refractivity contribution is 0.0595. The van der Waals surface area contributed by atoms with E-state index in [2.05, 4.69) is 14.7 Å². The van der Waals surface area contributed by atoms with Crippen molar-refractivity contribution in [1.29, 1.82) is 0 Å². The molecule has 0 aliphatic carbocycles. The van der Waals surface area contributed by atoms with Crippen LogP contribution < -0.4 is 4.90 Å². The molecular formula is C20H19F2N3O2. The van der Waals surface area contributed by atoms with Crippen LogP contribution in [-0.2, 0) is 4.74 Å². The van der Waals surface area contributed by atoms with Crippen LogP contribution in [0.1, 0.15) is 24.2 Å². The third-order valence-electron chi connectivity index (χ3n) is 4.37. The highest BCUT2D eigenvalue weighted by Crippen LogP contribution is 2.31. The van der Waals surface area contributed by atoms with Crippen LogP contribution in [0.5, 0.6) is 0 Å². The fraction of sp³-hybridized carbons (Fsp3) is 0.250. The summed E-state index contributed by atoms with van der Waals surface area (Å²) in [6.07, 6.45) is 0. The van der Waals surface area contributed by atoms with Crippen LogP contribution in [0.25, 0.3) is 22.3 Å². The zero-order valence-corrected chi connectivity index (χ0v) is 15.5. The lowest BCUT2D eigenvalue weighted by Gasteiger charge is -2.25. The number of halogens is 2. The molecule has 7 heteroatoms. The van der Waals surface area contributed by atoms with Crippen LogP contribution >= 0.6 is 0 Å². The topological polar surface area (TPSA) is 55.3 Å². The fourth-order valence-electron chi connectivity index (χ4n) is 2.63. The summed E-state index contributed by atoms with van der Waals surface area (Å²) in [6, 6.07) is 8.46. The number of hydrogen-bond donors (Lipinski definition) is 0. The van der Waals surface area contributed by atoms with Crippen LogP contribution in [0.3, 0.4) is 0 Å². The highest BCUT2D eigenvalue weighted by Gasteiger charge is 2.20. The van der Waals surface area contributed by atoms with Gasteiger partial charge in [-0.15, -0.1) is 0 Å². The van der Waals surface area contributed by atoms with E-state index >= 15 is 0 Å². The molecule has 0 saturated carbocycles. The lowest BCUT2D eigenvalue weighted by atomic mass is 10.1. The van der Waals surface area contributed by atoms with E-state index < -0.39 is 11.8 Å². The van der Waals surface area contributed by atoms with Gasteiger partial charge < -0.3 is 9.64 Å². The van der Waals surface area contributed by atoms with Crippen molar-refractivity contribution in [2.45, 2.75) is 19.9 Å². The molecule has 1 aromatic heterocycles. The van der Waals surface area contributed by atoms with Crippen molar-refractivity contribution >= 4 is 22.8 Å². The number of aromatic nitrogens is 2. The zero-order chi connectivity index (χ0) is 19.7. The van der Waals surface area contributed by atoms with E-state index in [1.807, 2.05) is 25.8 Å². The van der Waals surface area contributed by atoms with Crippen LogP contribution in [-0.4, -0.2) is 36.1 Å². The summed E-state index contributed by atoms with van der Waals surface area (Å²) >= 11 is 0. The summed E-state index contributed by atoms with van der Waals surface area (Å²) in [6.45, 7) is 3.98. The van der Waals surface area contributed by atoms with Gasteiger partial charge in [-0.25, -0.2) is 23.5 Å². The molecule has 0 aliphatic rings. The van der Waals surface area contributed by atoms with Gasteiger partial charge in [0.2, 0.25) is 0 Å². The van der Waals surface area contributed by atoms with Crippen molar-refractivity contribution in [1.82, 2.24) is 9.97 Å². The Bertz CT molecular complexity index is 1000. The summed E-state index contributed by atoms with van der Waals surface area (Å²) in [5.41, 5.74) is 1.62. The lowest BCUT2D eigenvalue weighted by Crippen LogP contribution is -2.27. The van der Waals surface area contributed by atoms with Gasteiger partial charge in [0.1, 0.15) is 17.3 Å². The molecule has 0 atom stereocenters. The molecule has 3 aromatic rings. The second kappa shape index (κ2) is 7.26. The van der Waals surface area contributed by atoms with E-state index in [-0.39, 0.29) is 17.4 Å². The van der Waals surface area contributed by atoms with Gasteiger partial charge in [-0.1, -0.05) is 0 Å². The molecule has 0 spiro atoms. The smallest absolute Gasteiger partial charge is 0.340 e. The Labute approximate surface area is 155 Å². The first-order valence-corrected chi connectivity index (χ1v) is 8.40. The summed E-state index contributed by atoms with van der Waals surface area (Å²) in [5.74, 6) is -1.33. The van der Waals surface area contributed by atoms with E-state index in [9.17, 15) is 13.6 Å². The van der Waals surface area contributed by atoms with Gasteiger partial charge in [0, 0.05) is 24.7 Å². The molecule has 0 saturated heterocycles. The minimum Gasteiger partial charge on any atom is -0.465 e. The molecule has 0 bridgehead atoms. The minimum absolute atomic E-state index is 0.108. The number of hydrogen-bond acceptors (Lipinski definition) is 5. The Balaban J connectivity index is 2.28. The van der Waals surface area contributed by atoms with Crippen molar-refractivity contribution in [3.63, 3.8) is 0 Å². The molecule has 2 aromatic carbocycles. The molecule has 0 N–H and O–H groups in total. The van der Waals surface area contributed by atoms with E-state index in [1.54, 1.807) is 12.1 Å². The third-order valence-corrected chi connectivity index (χ3v) is 4.37. The molecule has 140 valence electrons. The average Bonchev–Trinajstić information content (AvgIpc) is 2.66. The van der Waals surface area contributed by atoms with Gasteiger partial charge in [0.25, 0.3) is 0 Å². The maximum atomic E-state index is 14.3. The van der Waals surface area contributed by atoms with Gasteiger partial charge in [-0.2, -0.15) is 0 Å². The SMILES string of the molecule is COC(=O)c1cc2nc(N(C)C(C)C)c(-c3ccc(F)cc3)nc2cc1F. The number of carbonyl (C=O) groups excluding carboxylic acids is 1. The molecule has 0 fully saturated rings. The first kappa shape index (κ1) is 18.7. The van der Waals surface area contributed by atoms with Crippen molar-refractivity contribution in [3.8, 4) is 11.3 Å². The molecule has 0 aliphatic heterocycles. The van der Waals surface area contributed by atoms with Crippen molar-refractivity contribution in [2.75, 3.05) is 19.1 Å². The summed E-state index contributed by atoms with van der Waals surface area (Å²) < 4.78 is 32.2. The highest BCUT2D eigenvalue weighted by molar-refractivity contribution is 5.94. The van der Waals surface area contributed by atoms with Gasteiger partial charge in [0.15, 0.2) is 5.82 Å². The monoisotopic (exact) mass is 371 g/mol. The fourth-order valence-corrected chi connectivity index (χ4v) is 2.63. The quantitative estimate of drug-likeness (QED) is 0.643. The number of ether oxygens (including phenoxy) is 1. The first-order valence-electron chi connectivity index (χ1n) is 8.40. The highest BCUT2D eigenvalue weighted by atomic mass is 19.1. The minimum atomic E-state index is -0.780. The predicted molar refractivity (Wildman–Crippen MR) is 99.8 cm³/mol. The number of methoxy groups -OCH3 is 1. The van der Waals surface area contributed by atoms with Crippen LogP contribution in [0, 0.1) is 11.6 Å². The number of carbonyl (C=O) groups is 1. The third kappa shape index (κ3) is 3.58. The van der Waals surface area contributed by atoms with E-state index in [0.717, 1.165) is 6.07 Å². The average molecular weight is 371 g/mol. The number of rotatable bonds is 4. The molecule has 3 rings (SSSR count). The Morgan fingerprint density at radius 2 is 1.70 bits per heavy atom. The maximum absolute atomic E-state index is 14.3. The standard InChI is InChI=1S/C20H19F2N3O2/c1-11(2)25(3)19-18(12-5-7-13(21)8-6-12)23-17-10-15(22)14(20(26)27-4)9-16(17)24-19/h5-11H,1-4H3. The van der Waals surface area contributed by atoms with Crippen LogP contribution in [0.15, 0.2) is 36.4 Å². The predicted octanol–water partition coefficient (Wildman–Crippen LogP) is 4.21. The first-order chi connectivity index (χ1) is 12.8. The Morgan fingerprint density at radius 1 is 1.07 bits per heavy atom. The molecule has 0 amide bonds. The van der Waals surface area contributed by atoms with Crippen LogP contribution in [0.2, 0.25) is 0 Å². The summed E-state index contributed by atoms with van der Waals surface area (Å²) in [4.78, 5) is 22.8. The second-order valence-corrected chi connectivity index (χ2v) is 6.42. The van der Waals surface area contributed by atoms with E-state index in [1.165, 1.54) is 25.3 Å². The van der Waals surface area contributed by atoms with E-state index in [4.69, 9.17) is 0 Å². The number of anilines is 1. The molecule has 0 radical (unpaired) electrons. The Hall–Kier alpha value is -3.09. The van der Waals surface area contributed by atoms with Gasteiger partial charge >= 0.3 is 5.97 Å². The van der Waals surface area contributed by atoms with Gasteiger partial charge in [-0.05, 0) is 44.2 Å². The molecule has 0 unspecified atom stereocenters. The maximum Gasteiger partial charge on any atom is 0.340 e. The molecule has 5 nitrogen and oxygen atoms in total. The van der Waals surface area contributed by atoms with E-state index in [0.29, 0.717) is 28.1 Å². The summed E-state index contributed by atoms with van der Waals surface area (Å²) in [7, 11) is 3.05. The van der Waals surface area contributed by atoms with Gasteiger partial charge in [0.05, 0.1) is 23.7 Å². The Kier molecular flexibility index (Phi) is 5.03. The largest absolute Gasteiger partial charge is 0.465 e. The normalized spacial score (nSPS) is 11.1. The number of benzene rings is 2. The number of fused-ring (bicyclic) bond motifs is 1. The van der Waals surface area contributed by atoms with Gasteiger partial charge in [-0.3, -0.25) is 0 Å².